The van der Waals surface area contributed by atoms with Gasteiger partial charge in [0.2, 0.25) is 11.8 Å². The zero-order valence-electron chi connectivity index (χ0n) is 13.0. The fraction of sp³-hybridized carbons (Fsp3) is 0.111. The molecule has 1 N–H and O–H groups in total. The highest BCUT2D eigenvalue weighted by atomic mass is 79.9. The summed E-state index contributed by atoms with van der Waals surface area (Å²) in [5.74, 6) is 0.531. The van der Waals surface area contributed by atoms with E-state index in [0.29, 0.717) is 17.3 Å². The van der Waals surface area contributed by atoms with Crippen LogP contribution in [0.3, 0.4) is 0 Å². The Morgan fingerprint density at radius 1 is 1.17 bits per heavy atom. The molecular weight excluding hydrogens is 388 g/mol. The first-order valence-corrected chi connectivity index (χ1v) is 9.10. The van der Waals surface area contributed by atoms with Gasteiger partial charge in [-0.15, -0.1) is 11.8 Å². The number of hydrogen-bond donors (Lipinski definition) is 1. The van der Waals surface area contributed by atoms with E-state index in [1.165, 1.54) is 17.3 Å². The number of nitrogens with zero attached hydrogens (tertiary/aromatic N) is 1. The number of hydrogen-bond acceptors (Lipinski definition) is 4. The van der Waals surface area contributed by atoms with Gasteiger partial charge >= 0.3 is 0 Å². The van der Waals surface area contributed by atoms with E-state index in [1.807, 2.05) is 55.5 Å². The third-order valence-corrected chi connectivity index (χ3v) is 4.84. The van der Waals surface area contributed by atoms with Crippen molar-refractivity contribution in [2.45, 2.75) is 11.8 Å². The summed E-state index contributed by atoms with van der Waals surface area (Å²) in [7, 11) is 0. The normalized spacial score (nSPS) is 10.6. The van der Waals surface area contributed by atoms with E-state index in [9.17, 15) is 4.79 Å². The number of aryl methyl sites for hydroxylation is 1. The molecule has 0 atom stereocenters. The van der Waals surface area contributed by atoms with E-state index < -0.39 is 0 Å². The lowest BCUT2D eigenvalue weighted by atomic mass is 10.1. The van der Waals surface area contributed by atoms with E-state index in [2.05, 4.69) is 26.4 Å². The van der Waals surface area contributed by atoms with E-state index in [0.717, 1.165) is 14.9 Å². The van der Waals surface area contributed by atoms with Crippen molar-refractivity contribution in [1.29, 1.82) is 0 Å². The van der Waals surface area contributed by atoms with Crippen molar-refractivity contribution < 1.29 is 9.32 Å². The molecule has 0 unspecified atom stereocenters. The Bertz CT molecular complexity index is 829. The van der Waals surface area contributed by atoms with Crippen molar-refractivity contribution in [3.63, 3.8) is 0 Å². The summed E-state index contributed by atoms with van der Waals surface area (Å²) >= 11 is 4.85. The topological polar surface area (TPSA) is 55.1 Å². The van der Waals surface area contributed by atoms with Crippen LogP contribution in [0.2, 0.25) is 0 Å². The number of nitrogens with one attached hydrogen (secondary N) is 1. The number of halogens is 1. The van der Waals surface area contributed by atoms with Crippen molar-refractivity contribution >= 4 is 39.5 Å². The number of carbonyl (C=O) groups is 1. The molecule has 1 heterocycles. The first-order valence-electron chi connectivity index (χ1n) is 7.32. The van der Waals surface area contributed by atoms with Crippen molar-refractivity contribution in [1.82, 2.24) is 5.16 Å². The predicted octanol–water partition coefficient (Wildman–Crippen LogP) is 5.14. The van der Waals surface area contributed by atoms with Crippen molar-refractivity contribution in [3.05, 3.63) is 64.6 Å². The molecule has 4 nitrogen and oxygen atoms in total. The number of rotatable bonds is 5. The second-order valence-corrected chi connectivity index (χ2v) is 7.20. The molecule has 0 spiro atoms. The number of carbonyl (C=O) groups excluding carboxylic acids is 1. The number of anilines is 1. The lowest BCUT2D eigenvalue weighted by Crippen LogP contribution is -2.13. The molecule has 3 aromatic rings. The maximum atomic E-state index is 12.0. The average Bonchev–Trinajstić information content (AvgIpc) is 3.03. The molecule has 122 valence electrons. The van der Waals surface area contributed by atoms with Crippen LogP contribution in [0.15, 0.2) is 68.5 Å². The molecule has 0 aliphatic carbocycles. The van der Waals surface area contributed by atoms with Crippen LogP contribution in [-0.4, -0.2) is 16.8 Å². The number of benzene rings is 2. The van der Waals surface area contributed by atoms with Crippen molar-refractivity contribution in [2.75, 3.05) is 11.1 Å². The number of thioether (sulfide) groups is 1. The zero-order valence-corrected chi connectivity index (χ0v) is 15.4. The van der Waals surface area contributed by atoms with Gasteiger partial charge in [-0.1, -0.05) is 50.9 Å². The van der Waals surface area contributed by atoms with Crippen LogP contribution in [0.25, 0.3) is 11.3 Å². The zero-order chi connectivity index (χ0) is 16.9. The summed E-state index contributed by atoms with van der Waals surface area (Å²) < 4.78 is 6.21. The highest BCUT2D eigenvalue weighted by molar-refractivity contribution is 9.10. The summed E-state index contributed by atoms with van der Waals surface area (Å²) in [6.07, 6.45) is 0. The lowest BCUT2D eigenvalue weighted by Gasteiger charge is -2.02. The van der Waals surface area contributed by atoms with Gasteiger partial charge in [0.25, 0.3) is 0 Å². The minimum Gasteiger partial charge on any atom is -0.338 e. The summed E-state index contributed by atoms with van der Waals surface area (Å²) in [4.78, 5) is 13.0. The minimum absolute atomic E-state index is 0.130. The lowest BCUT2D eigenvalue weighted by molar-refractivity contribution is -0.113. The van der Waals surface area contributed by atoms with Gasteiger partial charge in [0.1, 0.15) is 5.69 Å². The Balaban J connectivity index is 1.57. The molecule has 0 aliphatic heterocycles. The molecule has 3 rings (SSSR count). The first-order chi connectivity index (χ1) is 11.6. The van der Waals surface area contributed by atoms with Gasteiger partial charge in [0, 0.05) is 21.0 Å². The summed E-state index contributed by atoms with van der Waals surface area (Å²) in [6, 6.07) is 17.5. The largest absolute Gasteiger partial charge is 0.338 e. The Morgan fingerprint density at radius 3 is 2.58 bits per heavy atom. The summed E-state index contributed by atoms with van der Waals surface area (Å²) in [6.45, 7) is 2.03. The molecule has 1 amide bonds. The molecule has 0 aliphatic rings. The summed E-state index contributed by atoms with van der Waals surface area (Å²) in [5.41, 5.74) is 2.83. The minimum atomic E-state index is -0.130. The van der Waals surface area contributed by atoms with Crippen molar-refractivity contribution in [3.8, 4) is 11.3 Å². The van der Waals surface area contributed by atoms with Crippen LogP contribution in [0.1, 0.15) is 5.56 Å². The average molecular weight is 403 g/mol. The SMILES string of the molecule is Cc1ccc(-c2cc(NC(=O)CSc3ccc(Br)cc3)on2)cc1. The molecule has 0 saturated heterocycles. The van der Waals surface area contributed by atoms with Gasteiger partial charge in [-0.3, -0.25) is 10.1 Å². The van der Waals surface area contributed by atoms with E-state index >= 15 is 0 Å². The Labute approximate surface area is 152 Å². The molecule has 0 bridgehead atoms. The molecular formula is C18H15BrN2O2S. The van der Waals surface area contributed by atoms with Gasteiger partial charge in [0.05, 0.1) is 5.75 Å². The van der Waals surface area contributed by atoms with Gasteiger partial charge in [-0.2, -0.15) is 0 Å². The highest BCUT2D eigenvalue weighted by Crippen LogP contribution is 2.23. The van der Waals surface area contributed by atoms with E-state index in [-0.39, 0.29) is 5.91 Å². The molecule has 6 heteroatoms. The molecule has 0 fully saturated rings. The Hall–Kier alpha value is -2.05. The molecule has 0 saturated carbocycles. The predicted molar refractivity (Wildman–Crippen MR) is 100 cm³/mol. The smallest absolute Gasteiger partial charge is 0.237 e. The second-order valence-electron chi connectivity index (χ2n) is 5.23. The highest BCUT2D eigenvalue weighted by Gasteiger charge is 2.10. The van der Waals surface area contributed by atoms with Gasteiger partial charge in [-0.05, 0) is 31.2 Å². The van der Waals surface area contributed by atoms with E-state index in [4.69, 9.17) is 4.52 Å². The number of amides is 1. The third-order valence-electron chi connectivity index (χ3n) is 3.30. The maximum Gasteiger partial charge on any atom is 0.237 e. The van der Waals surface area contributed by atoms with Gasteiger partial charge in [0.15, 0.2) is 0 Å². The maximum absolute atomic E-state index is 12.0. The standard InChI is InChI=1S/C18H15BrN2O2S/c1-12-2-4-13(5-3-12)16-10-18(23-21-16)20-17(22)11-24-15-8-6-14(19)7-9-15/h2-10H,11H2,1H3,(H,20,22). The molecule has 24 heavy (non-hydrogen) atoms. The molecule has 0 radical (unpaired) electrons. The summed E-state index contributed by atoms with van der Waals surface area (Å²) in [5, 5.41) is 6.72. The van der Waals surface area contributed by atoms with Crippen LogP contribution in [-0.2, 0) is 4.79 Å². The monoisotopic (exact) mass is 402 g/mol. The first kappa shape index (κ1) is 16.8. The fourth-order valence-electron chi connectivity index (χ4n) is 2.05. The molecule has 2 aromatic carbocycles. The van der Waals surface area contributed by atoms with Crippen molar-refractivity contribution in [2.24, 2.45) is 0 Å². The van der Waals surface area contributed by atoms with Crippen LogP contribution < -0.4 is 5.32 Å². The van der Waals surface area contributed by atoms with Crippen LogP contribution >= 0.6 is 27.7 Å². The van der Waals surface area contributed by atoms with Gasteiger partial charge < -0.3 is 4.52 Å². The molecule has 1 aromatic heterocycles. The van der Waals surface area contributed by atoms with Crippen LogP contribution in [0, 0.1) is 6.92 Å². The van der Waals surface area contributed by atoms with Gasteiger partial charge in [-0.25, -0.2) is 0 Å². The van der Waals surface area contributed by atoms with Crippen LogP contribution in [0.4, 0.5) is 5.88 Å². The number of aromatic nitrogens is 1. The quantitative estimate of drug-likeness (QED) is 0.599. The Morgan fingerprint density at radius 2 is 1.88 bits per heavy atom. The van der Waals surface area contributed by atoms with Crippen LogP contribution in [0.5, 0.6) is 0 Å². The van der Waals surface area contributed by atoms with E-state index in [1.54, 1.807) is 6.07 Å². The Kier molecular flexibility index (Phi) is 5.37. The second kappa shape index (κ2) is 7.68. The fourth-order valence-corrected chi connectivity index (χ4v) is 3.01. The third kappa shape index (κ3) is 4.49.